The third-order valence-corrected chi connectivity index (χ3v) is 5.96. The first-order valence-electron chi connectivity index (χ1n) is 8.73. The second-order valence-electron chi connectivity index (χ2n) is 6.58. The van der Waals surface area contributed by atoms with Crippen LogP contribution in [0.5, 0.6) is 0 Å². The van der Waals surface area contributed by atoms with Crippen LogP contribution in [-0.4, -0.2) is 55.4 Å². The smallest absolute Gasteiger partial charge is 0.277 e. The number of nitrogens with one attached hydrogen (secondary N) is 2. The largest absolute Gasteiger partial charge is 0.358 e. The quantitative estimate of drug-likeness (QED) is 0.820. The molecule has 7 heteroatoms. The van der Waals surface area contributed by atoms with E-state index in [0.29, 0.717) is 6.54 Å². The normalized spacial score (nSPS) is 20.4. The number of likely N-dealkylation sites (tertiary alicyclic amines) is 1. The zero-order chi connectivity index (χ0) is 17.8. The summed E-state index contributed by atoms with van der Waals surface area (Å²) in [5.41, 5.74) is 1.04. The van der Waals surface area contributed by atoms with Gasteiger partial charge in [-0.1, -0.05) is 12.1 Å². The van der Waals surface area contributed by atoms with Gasteiger partial charge < -0.3 is 15.1 Å². The van der Waals surface area contributed by atoms with Crippen LogP contribution < -0.4 is 10.2 Å². The first-order valence-corrected chi connectivity index (χ1v) is 9.54. The van der Waals surface area contributed by atoms with Crippen LogP contribution in [-0.2, 0) is 9.59 Å². The van der Waals surface area contributed by atoms with Crippen molar-refractivity contribution in [2.24, 2.45) is 0 Å². The highest BCUT2D eigenvalue weighted by atomic mass is 32.1. The molecule has 2 atom stereocenters. The summed E-state index contributed by atoms with van der Waals surface area (Å²) in [6.45, 7) is 1.49. The van der Waals surface area contributed by atoms with Crippen LogP contribution in [0.15, 0.2) is 24.3 Å². The van der Waals surface area contributed by atoms with Crippen molar-refractivity contribution in [1.82, 2.24) is 15.2 Å². The maximum absolute atomic E-state index is 12.5. The van der Waals surface area contributed by atoms with Crippen molar-refractivity contribution in [3.63, 3.8) is 0 Å². The summed E-state index contributed by atoms with van der Waals surface area (Å²) < 4.78 is 1.20. The van der Waals surface area contributed by atoms with Gasteiger partial charge in [-0.2, -0.15) is 0 Å². The van der Waals surface area contributed by atoms with Crippen LogP contribution in [0.2, 0.25) is 0 Å². The number of aromatic nitrogens is 1. The van der Waals surface area contributed by atoms with E-state index in [1.807, 2.05) is 18.2 Å². The average molecular weight is 361 g/mol. The van der Waals surface area contributed by atoms with Crippen molar-refractivity contribution >= 4 is 33.4 Å². The standard InChI is InChI=1S/C18H24N4O2S/c1-19-16(23)11-21(2)17(24)12-22-10-6-5-8-14(22)18-20-13-7-3-4-9-15(13)25-18/h3-4,7,9,14H,5-6,8,10-12H2,1-2H3,(H,19,23)/p+1/t14-/m1/s1. The highest BCUT2D eigenvalue weighted by molar-refractivity contribution is 7.18. The number of carbonyl (C=O) groups excluding carboxylic acids is 2. The van der Waals surface area contributed by atoms with Gasteiger partial charge in [-0.3, -0.25) is 9.59 Å². The maximum atomic E-state index is 12.5. The summed E-state index contributed by atoms with van der Waals surface area (Å²) >= 11 is 1.74. The van der Waals surface area contributed by atoms with E-state index in [2.05, 4.69) is 11.4 Å². The molecule has 2 heterocycles. The Labute approximate surface area is 151 Å². The second-order valence-corrected chi connectivity index (χ2v) is 7.64. The number of hydrogen-bond donors (Lipinski definition) is 2. The lowest BCUT2D eigenvalue weighted by molar-refractivity contribution is -0.929. The SMILES string of the molecule is CNC(=O)CN(C)C(=O)C[NH+]1CCCC[C@@H]1c1nc2ccccc2s1. The molecule has 0 spiro atoms. The van der Waals surface area contributed by atoms with Crippen molar-refractivity contribution in [3.8, 4) is 0 Å². The molecule has 2 aromatic rings. The summed E-state index contributed by atoms with van der Waals surface area (Å²) in [5.74, 6) is -0.140. The lowest BCUT2D eigenvalue weighted by Crippen LogP contribution is -3.14. The van der Waals surface area contributed by atoms with Gasteiger partial charge in [0.15, 0.2) is 11.6 Å². The number of amides is 2. The molecule has 1 aliphatic heterocycles. The summed E-state index contributed by atoms with van der Waals surface area (Å²) in [4.78, 5) is 31.6. The Balaban J connectivity index is 1.72. The molecule has 2 N–H and O–H groups in total. The Morgan fingerprint density at radius 3 is 2.92 bits per heavy atom. The molecular weight excluding hydrogens is 336 g/mol. The van der Waals surface area contributed by atoms with Crippen molar-refractivity contribution < 1.29 is 14.5 Å². The summed E-state index contributed by atoms with van der Waals surface area (Å²) in [6.07, 6.45) is 3.36. The lowest BCUT2D eigenvalue weighted by Gasteiger charge is -2.31. The first kappa shape index (κ1) is 17.8. The second kappa shape index (κ2) is 7.93. The van der Waals surface area contributed by atoms with E-state index in [1.54, 1.807) is 25.4 Å². The van der Waals surface area contributed by atoms with Crippen molar-refractivity contribution in [2.45, 2.75) is 25.3 Å². The van der Waals surface area contributed by atoms with Crippen LogP contribution in [0.3, 0.4) is 0 Å². The fraction of sp³-hybridized carbons (Fsp3) is 0.500. The molecule has 2 amide bonds. The van der Waals surface area contributed by atoms with Gasteiger partial charge in [0, 0.05) is 20.5 Å². The number of likely N-dealkylation sites (N-methyl/N-ethyl adjacent to an activating group) is 2. The number of quaternary nitrogens is 1. The fourth-order valence-corrected chi connectivity index (χ4v) is 4.50. The third kappa shape index (κ3) is 4.16. The van der Waals surface area contributed by atoms with Gasteiger partial charge in [0.1, 0.15) is 6.04 Å². The number of piperidine rings is 1. The van der Waals surface area contributed by atoms with Gasteiger partial charge >= 0.3 is 0 Å². The summed E-state index contributed by atoms with van der Waals surface area (Å²) in [6, 6.07) is 8.45. The predicted octanol–water partition coefficient (Wildman–Crippen LogP) is 0.611. The molecule has 1 fully saturated rings. The van der Waals surface area contributed by atoms with Crippen LogP contribution in [0.25, 0.3) is 10.2 Å². The van der Waals surface area contributed by atoms with Crippen LogP contribution in [0, 0.1) is 0 Å². The van der Waals surface area contributed by atoms with Gasteiger partial charge in [-0.05, 0) is 25.0 Å². The van der Waals surface area contributed by atoms with Gasteiger partial charge in [0.05, 0.1) is 23.3 Å². The van der Waals surface area contributed by atoms with E-state index in [0.717, 1.165) is 29.9 Å². The van der Waals surface area contributed by atoms with Crippen LogP contribution >= 0.6 is 11.3 Å². The molecule has 6 nitrogen and oxygen atoms in total. The Morgan fingerprint density at radius 2 is 2.16 bits per heavy atom. The Hall–Kier alpha value is -1.99. The van der Waals surface area contributed by atoms with E-state index >= 15 is 0 Å². The minimum atomic E-state index is -0.146. The van der Waals surface area contributed by atoms with Gasteiger partial charge in [-0.15, -0.1) is 11.3 Å². The molecule has 1 aromatic carbocycles. The van der Waals surface area contributed by atoms with Gasteiger partial charge in [0.2, 0.25) is 5.91 Å². The highest BCUT2D eigenvalue weighted by Crippen LogP contribution is 2.28. The molecule has 0 saturated carbocycles. The van der Waals surface area contributed by atoms with E-state index in [1.165, 1.54) is 20.9 Å². The van der Waals surface area contributed by atoms with Crippen molar-refractivity contribution in [2.75, 3.05) is 33.7 Å². The molecule has 1 aliphatic rings. The van der Waals surface area contributed by atoms with Gasteiger partial charge in [-0.25, -0.2) is 4.98 Å². The van der Waals surface area contributed by atoms with E-state index < -0.39 is 0 Å². The van der Waals surface area contributed by atoms with Crippen molar-refractivity contribution in [1.29, 1.82) is 0 Å². The fourth-order valence-electron chi connectivity index (χ4n) is 3.34. The monoisotopic (exact) mass is 361 g/mol. The van der Waals surface area contributed by atoms with Crippen LogP contribution in [0.1, 0.15) is 30.3 Å². The van der Waals surface area contributed by atoms with E-state index in [-0.39, 0.29) is 24.4 Å². The Morgan fingerprint density at radius 1 is 1.36 bits per heavy atom. The number of para-hydroxylation sites is 1. The molecule has 0 radical (unpaired) electrons. The molecule has 0 aliphatic carbocycles. The third-order valence-electron chi connectivity index (χ3n) is 4.81. The molecule has 25 heavy (non-hydrogen) atoms. The zero-order valence-electron chi connectivity index (χ0n) is 14.7. The van der Waals surface area contributed by atoms with Gasteiger partial charge in [0.25, 0.3) is 5.91 Å². The zero-order valence-corrected chi connectivity index (χ0v) is 15.6. The molecule has 1 aromatic heterocycles. The minimum absolute atomic E-state index is 0.00612. The van der Waals surface area contributed by atoms with E-state index in [4.69, 9.17) is 4.98 Å². The van der Waals surface area contributed by atoms with E-state index in [9.17, 15) is 9.59 Å². The molecule has 0 bridgehead atoms. The number of fused-ring (bicyclic) bond motifs is 1. The minimum Gasteiger partial charge on any atom is -0.358 e. The topological polar surface area (TPSA) is 66.7 Å². The molecule has 1 saturated heterocycles. The number of thiazole rings is 1. The lowest BCUT2D eigenvalue weighted by atomic mass is 10.0. The summed E-state index contributed by atoms with van der Waals surface area (Å²) in [5, 5.41) is 3.68. The highest BCUT2D eigenvalue weighted by Gasteiger charge is 2.32. The predicted molar refractivity (Wildman–Crippen MR) is 98.6 cm³/mol. The number of nitrogens with zero attached hydrogens (tertiary/aromatic N) is 2. The first-order chi connectivity index (χ1) is 12.1. The van der Waals surface area contributed by atoms with Crippen LogP contribution in [0.4, 0.5) is 0 Å². The molecule has 3 rings (SSSR count). The molecule has 1 unspecified atom stereocenters. The van der Waals surface area contributed by atoms with Crippen molar-refractivity contribution in [3.05, 3.63) is 29.3 Å². The maximum Gasteiger partial charge on any atom is 0.277 e. The Bertz CT molecular complexity index is 727. The number of hydrogen-bond acceptors (Lipinski definition) is 4. The number of carbonyl (C=O) groups is 2. The average Bonchev–Trinajstić information content (AvgIpc) is 3.05. The Kier molecular flexibility index (Phi) is 5.65. The number of benzene rings is 1. The molecular formula is C18H25N4O2S+. The number of rotatable bonds is 5. The molecule has 134 valence electrons. The summed E-state index contributed by atoms with van der Waals surface area (Å²) in [7, 11) is 3.27.